The fourth-order valence-corrected chi connectivity index (χ4v) is 3.65. The van der Waals surface area contributed by atoms with Crippen LogP contribution in [-0.4, -0.2) is 21.8 Å². The maximum Gasteiger partial charge on any atom is 0.236 e. The van der Waals surface area contributed by atoms with Crippen LogP contribution in [0, 0.1) is 0 Å². The minimum absolute atomic E-state index is 0.190. The third-order valence-electron chi connectivity index (χ3n) is 1.83. The Balaban J connectivity index is 3.20. The van der Waals surface area contributed by atoms with E-state index in [1.165, 1.54) is 11.8 Å². The first-order chi connectivity index (χ1) is 7.37. The van der Waals surface area contributed by atoms with E-state index in [1.54, 1.807) is 19.2 Å². The molecule has 0 spiro atoms. The Morgan fingerprint density at radius 1 is 1.50 bits per heavy atom. The number of halogens is 2. The molecule has 0 heterocycles. The lowest BCUT2D eigenvalue weighted by molar-refractivity contribution is 0.402. The molecule has 1 aromatic rings. The van der Waals surface area contributed by atoms with Crippen molar-refractivity contribution in [3.63, 3.8) is 0 Å². The van der Waals surface area contributed by atoms with Gasteiger partial charge in [-0.2, -0.15) is 0 Å². The van der Waals surface area contributed by atoms with E-state index in [9.17, 15) is 8.42 Å². The van der Waals surface area contributed by atoms with Crippen LogP contribution in [0.5, 0.6) is 5.75 Å². The Morgan fingerprint density at radius 2 is 2.12 bits per heavy atom. The molecule has 0 radical (unpaired) electrons. The van der Waals surface area contributed by atoms with Gasteiger partial charge in [0.15, 0.2) is 0 Å². The van der Waals surface area contributed by atoms with E-state index in [-0.39, 0.29) is 5.75 Å². The van der Waals surface area contributed by atoms with E-state index in [2.05, 4.69) is 15.9 Å². The number of methoxy groups -OCH3 is 1. The van der Waals surface area contributed by atoms with Gasteiger partial charge in [0.2, 0.25) is 9.05 Å². The molecule has 0 saturated carbocycles. The smallest absolute Gasteiger partial charge is 0.236 e. The summed E-state index contributed by atoms with van der Waals surface area (Å²) in [5.74, 6) is 0.508. The molecular weight excluding hydrogens is 336 g/mol. The molecule has 0 fully saturated rings. The van der Waals surface area contributed by atoms with Crippen molar-refractivity contribution < 1.29 is 13.2 Å². The molecule has 0 unspecified atom stereocenters. The molecule has 0 saturated heterocycles. The molecule has 16 heavy (non-hydrogen) atoms. The van der Waals surface area contributed by atoms with Crippen LogP contribution in [-0.2, 0) is 14.8 Å². The first-order valence-corrected chi connectivity index (χ1v) is 8.69. The summed E-state index contributed by atoms with van der Waals surface area (Å²) in [6.45, 7) is 0. The highest BCUT2D eigenvalue weighted by Gasteiger charge is 2.13. The molecule has 0 aliphatic rings. The number of hydrogen-bond acceptors (Lipinski definition) is 4. The molecule has 0 amide bonds. The quantitative estimate of drug-likeness (QED) is 0.620. The fourth-order valence-electron chi connectivity index (χ4n) is 1.25. The molecule has 1 aromatic carbocycles. The zero-order valence-corrected chi connectivity index (χ0v) is 12.6. The van der Waals surface area contributed by atoms with Gasteiger partial charge in [0.05, 0.1) is 22.2 Å². The second kappa shape index (κ2) is 5.62. The van der Waals surface area contributed by atoms with Gasteiger partial charge >= 0.3 is 0 Å². The maximum absolute atomic E-state index is 11.0. The van der Waals surface area contributed by atoms with E-state index < -0.39 is 9.05 Å². The van der Waals surface area contributed by atoms with Crippen LogP contribution in [0.4, 0.5) is 0 Å². The predicted molar refractivity (Wildman–Crippen MR) is 71.0 cm³/mol. The average Bonchev–Trinajstić information content (AvgIpc) is 2.14. The van der Waals surface area contributed by atoms with Crippen molar-refractivity contribution in [2.24, 2.45) is 0 Å². The minimum atomic E-state index is -3.54. The van der Waals surface area contributed by atoms with E-state index in [0.717, 1.165) is 9.37 Å². The summed E-state index contributed by atoms with van der Waals surface area (Å²) < 4.78 is 27.9. The zero-order valence-electron chi connectivity index (χ0n) is 8.66. The SMILES string of the molecule is COc1c(Br)cc(CS(=O)(=O)Cl)cc1SC. The first kappa shape index (κ1) is 14.2. The van der Waals surface area contributed by atoms with Gasteiger partial charge in [-0.15, -0.1) is 11.8 Å². The minimum Gasteiger partial charge on any atom is -0.494 e. The molecule has 0 aliphatic heterocycles. The molecular formula is C9H10BrClO3S2. The number of hydrogen-bond donors (Lipinski definition) is 0. The fraction of sp³-hybridized carbons (Fsp3) is 0.333. The maximum atomic E-state index is 11.0. The topological polar surface area (TPSA) is 43.4 Å². The summed E-state index contributed by atoms with van der Waals surface area (Å²) in [7, 11) is 3.24. The Bertz CT molecular complexity index is 488. The second-order valence-corrected chi connectivity index (χ2v) is 7.48. The number of thioether (sulfide) groups is 1. The molecule has 3 nitrogen and oxygen atoms in total. The summed E-state index contributed by atoms with van der Waals surface area (Å²) in [5.41, 5.74) is 0.632. The van der Waals surface area contributed by atoms with Crippen molar-refractivity contribution >= 4 is 47.4 Å². The highest BCUT2D eigenvalue weighted by molar-refractivity contribution is 9.10. The van der Waals surface area contributed by atoms with Gasteiger partial charge in [0, 0.05) is 10.7 Å². The van der Waals surface area contributed by atoms with E-state index >= 15 is 0 Å². The van der Waals surface area contributed by atoms with Gasteiger partial charge in [-0.05, 0) is 39.9 Å². The molecule has 1 rings (SSSR count). The van der Waals surface area contributed by atoms with Gasteiger partial charge in [0.1, 0.15) is 5.75 Å². The molecule has 90 valence electrons. The largest absolute Gasteiger partial charge is 0.494 e. The third kappa shape index (κ3) is 3.84. The summed E-state index contributed by atoms with van der Waals surface area (Å²) in [6, 6.07) is 3.45. The highest BCUT2D eigenvalue weighted by atomic mass is 79.9. The van der Waals surface area contributed by atoms with Crippen LogP contribution >= 0.6 is 38.4 Å². The van der Waals surface area contributed by atoms with E-state index in [4.69, 9.17) is 15.4 Å². The lowest BCUT2D eigenvalue weighted by atomic mass is 10.2. The van der Waals surface area contributed by atoms with Gasteiger partial charge in [-0.1, -0.05) is 0 Å². The lowest BCUT2D eigenvalue weighted by Gasteiger charge is -2.10. The lowest BCUT2D eigenvalue weighted by Crippen LogP contribution is -1.97. The molecule has 0 N–H and O–H groups in total. The standard InChI is InChI=1S/C9H10BrClO3S2/c1-14-9-7(10)3-6(4-8(9)15-2)5-16(11,12)13/h3-4H,5H2,1-2H3. The summed E-state index contributed by atoms with van der Waals surface area (Å²) in [4.78, 5) is 0.868. The van der Waals surface area contributed by atoms with Crippen LogP contribution in [0.1, 0.15) is 5.56 Å². The monoisotopic (exact) mass is 344 g/mol. The molecule has 0 aliphatic carbocycles. The van der Waals surface area contributed by atoms with Crippen LogP contribution in [0.3, 0.4) is 0 Å². The Labute approximate surface area is 112 Å². The van der Waals surface area contributed by atoms with Crippen LogP contribution in [0.2, 0.25) is 0 Å². The van der Waals surface area contributed by atoms with Crippen LogP contribution in [0.15, 0.2) is 21.5 Å². The summed E-state index contributed by atoms with van der Waals surface area (Å²) >= 11 is 4.81. The molecule has 0 bridgehead atoms. The Hall–Kier alpha value is 0.0900. The summed E-state index contributed by atoms with van der Waals surface area (Å²) in [5, 5.41) is 0. The van der Waals surface area contributed by atoms with Crippen molar-refractivity contribution in [3.8, 4) is 5.75 Å². The van der Waals surface area contributed by atoms with Gasteiger partial charge in [0.25, 0.3) is 0 Å². The van der Waals surface area contributed by atoms with E-state index in [0.29, 0.717) is 11.3 Å². The normalized spacial score (nSPS) is 11.5. The predicted octanol–water partition coefficient (Wildman–Crippen LogP) is 3.25. The number of ether oxygens (including phenoxy) is 1. The van der Waals surface area contributed by atoms with Crippen LogP contribution in [0.25, 0.3) is 0 Å². The van der Waals surface area contributed by atoms with Gasteiger partial charge < -0.3 is 4.74 Å². The Morgan fingerprint density at radius 3 is 2.56 bits per heavy atom. The van der Waals surface area contributed by atoms with Crippen molar-refractivity contribution in [2.45, 2.75) is 10.6 Å². The Kier molecular flexibility index (Phi) is 4.97. The summed E-state index contributed by atoms with van der Waals surface area (Å²) in [6.07, 6.45) is 1.89. The molecule has 0 atom stereocenters. The van der Waals surface area contributed by atoms with Gasteiger partial charge in [-0.3, -0.25) is 0 Å². The van der Waals surface area contributed by atoms with E-state index in [1.807, 2.05) is 6.26 Å². The zero-order chi connectivity index (χ0) is 12.3. The second-order valence-electron chi connectivity index (χ2n) is 3.00. The van der Waals surface area contributed by atoms with Gasteiger partial charge in [-0.25, -0.2) is 8.42 Å². The van der Waals surface area contributed by atoms with Crippen molar-refractivity contribution in [1.29, 1.82) is 0 Å². The van der Waals surface area contributed by atoms with Crippen molar-refractivity contribution in [3.05, 3.63) is 22.2 Å². The molecule has 0 aromatic heterocycles. The first-order valence-electron chi connectivity index (χ1n) is 4.20. The average molecular weight is 346 g/mol. The van der Waals surface area contributed by atoms with Crippen LogP contribution < -0.4 is 4.74 Å². The number of benzene rings is 1. The molecule has 7 heteroatoms. The number of rotatable bonds is 4. The highest BCUT2D eigenvalue weighted by Crippen LogP contribution is 2.36. The van der Waals surface area contributed by atoms with Crippen molar-refractivity contribution in [2.75, 3.05) is 13.4 Å². The van der Waals surface area contributed by atoms with Crippen molar-refractivity contribution in [1.82, 2.24) is 0 Å². The third-order valence-corrected chi connectivity index (χ3v) is 4.17.